The lowest BCUT2D eigenvalue weighted by molar-refractivity contribution is 0.102. The molecular weight excluding hydrogens is 362 g/mol. The van der Waals surface area contributed by atoms with Crippen molar-refractivity contribution in [2.75, 3.05) is 10.6 Å². The highest BCUT2D eigenvalue weighted by Gasteiger charge is 2.11. The maximum absolute atomic E-state index is 12.3. The number of benzene rings is 2. The third kappa shape index (κ3) is 4.05. The number of halogens is 1. The van der Waals surface area contributed by atoms with E-state index in [9.17, 15) is 4.79 Å². The van der Waals surface area contributed by atoms with E-state index in [0.29, 0.717) is 5.56 Å². The number of carbonyl (C=O) groups excluding carboxylic acids is 1. The minimum Gasteiger partial charge on any atom is -0.376 e. The van der Waals surface area contributed by atoms with Crippen LogP contribution in [0.25, 0.3) is 0 Å². The van der Waals surface area contributed by atoms with Crippen molar-refractivity contribution in [3.63, 3.8) is 0 Å². The molecule has 0 bridgehead atoms. The van der Waals surface area contributed by atoms with Crippen LogP contribution in [0, 0.1) is 13.8 Å². The minimum absolute atomic E-state index is 0.145. The predicted molar refractivity (Wildman–Crippen MR) is 98.4 cm³/mol. The summed E-state index contributed by atoms with van der Waals surface area (Å²) in [5, 5.41) is 6.06. The number of rotatable bonds is 3. The Balaban J connectivity index is 2.24. The number of anilines is 2. The lowest BCUT2D eigenvalue weighted by Crippen LogP contribution is -2.19. The number of aryl methyl sites for hydroxylation is 2. The van der Waals surface area contributed by atoms with Crippen LogP contribution < -0.4 is 16.4 Å². The molecule has 0 heterocycles. The Labute approximate surface area is 143 Å². The molecule has 0 aliphatic rings. The van der Waals surface area contributed by atoms with E-state index in [0.717, 1.165) is 27.0 Å². The van der Waals surface area contributed by atoms with Gasteiger partial charge in [-0.3, -0.25) is 4.79 Å². The van der Waals surface area contributed by atoms with Gasteiger partial charge in [0, 0.05) is 21.4 Å². The molecule has 6 heteroatoms. The lowest BCUT2D eigenvalue weighted by Gasteiger charge is -2.14. The van der Waals surface area contributed by atoms with E-state index >= 15 is 0 Å². The van der Waals surface area contributed by atoms with Crippen molar-refractivity contribution in [2.45, 2.75) is 13.8 Å². The molecule has 0 aliphatic heterocycles. The van der Waals surface area contributed by atoms with Crippen LogP contribution in [-0.2, 0) is 0 Å². The van der Waals surface area contributed by atoms with Crippen LogP contribution in [0.3, 0.4) is 0 Å². The van der Waals surface area contributed by atoms with Crippen LogP contribution in [0.4, 0.5) is 11.4 Å². The first kappa shape index (κ1) is 16.5. The van der Waals surface area contributed by atoms with E-state index < -0.39 is 0 Å². The summed E-state index contributed by atoms with van der Waals surface area (Å²) >= 11 is 8.19. The molecule has 4 N–H and O–H groups in total. The maximum atomic E-state index is 12.3. The first-order valence-electron chi connectivity index (χ1n) is 6.61. The van der Waals surface area contributed by atoms with E-state index in [1.165, 1.54) is 0 Å². The molecule has 0 unspecified atom stereocenters. The molecule has 2 rings (SSSR count). The van der Waals surface area contributed by atoms with Gasteiger partial charge in [-0.1, -0.05) is 15.9 Å². The molecule has 0 saturated carbocycles. The highest BCUT2D eigenvalue weighted by molar-refractivity contribution is 9.10. The summed E-state index contributed by atoms with van der Waals surface area (Å²) in [5.41, 5.74) is 9.55. The second-order valence-electron chi connectivity index (χ2n) is 4.94. The van der Waals surface area contributed by atoms with Crippen LogP contribution in [-0.4, -0.2) is 11.0 Å². The van der Waals surface area contributed by atoms with E-state index in [1.807, 2.05) is 38.1 Å². The monoisotopic (exact) mass is 377 g/mol. The average Bonchev–Trinajstić information content (AvgIpc) is 2.42. The van der Waals surface area contributed by atoms with Gasteiger partial charge in [0.05, 0.1) is 0 Å². The Morgan fingerprint density at radius 3 is 2.14 bits per heavy atom. The molecular formula is C16H16BrN3OS. The van der Waals surface area contributed by atoms with Crippen molar-refractivity contribution < 1.29 is 4.79 Å². The van der Waals surface area contributed by atoms with Crippen molar-refractivity contribution in [2.24, 2.45) is 5.73 Å². The van der Waals surface area contributed by atoms with E-state index in [-0.39, 0.29) is 11.0 Å². The van der Waals surface area contributed by atoms with Gasteiger partial charge < -0.3 is 16.4 Å². The Hall–Kier alpha value is -1.92. The number of thiocarbonyl (C=S) groups is 1. The summed E-state index contributed by atoms with van der Waals surface area (Å²) in [7, 11) is 0. The zero-order valence-electron chi connectivity index (χ0n) is 12.2. The van der Waals surface area contributed by atoms with Gasteiger partial charge in [-0.2, -0.15) is 0 Å². The molecule has 0 aromatic heterocycles. The largest absolute Gasteiger partial charge is 0.376 e. The van der Waals surface area contributed by atoms with Crippen LogP contribution >= 0.6 is 28.1 Å². The summed E-state index contributed by atoms with van der Waals surface area (Å²) in [4.78, 5) is 12.3. The fourth-order valence-corrected chi connectivity index (χ4v) is 2.54. The van der Waals surface area contributed by atoms with E-state index in [1.54, 1.807) is 12.1 Å². The van der Waals surface area contributed by atoms with Gasteiger partial charge in [-0.25, -0.2) is 0 Å². The fourth-order valence-electron chi connectivity index (χ4n) is 2.16. The predicted octanol–water partition coefficient (Wildman–Crippen LogP) is 3.97. The van der Waals surface area contributed by atoms with Gasteiger partial charge in [0.15, 0.2) is 5.11 Å². The molecule has 22 heavy (non-hydrogen) atoms. The van der Waals surface area contributed by atoms with Gasteiger partial charge in [-0.05, 0) is 73.6 Å². The topological polar surface area (TPSA) is 67.2 Å². The molecule has 0 radical (unpaired) electrons. The molecule has 0 saturated heterocycles. The number of hydrogen-bond donors (Lipinski definition) is 3. The van der Waals surface area contributed by atoms with Gasteiger partial charge in [-0.15, -0.1) is 0 Å². The highest BCUT2D eigenvalue weighted by atomic mass is 79.9. The van der Waals surface area contributed by atoms with Gasteiger partial charge >= 0.3 is 0 Å². The Morgan fingerprint density at radius 1 is 1.09 bits per heavy atom. The van der Waals surface area contributed by atoms with Gasteiger partial charge in [0.25, 0.3) is 5.91 Å². The SMILES string of the molecule is Cc1cc(NC(N)=S)cc(C)c1NC(=O)c1ccc(Br)cc1. The molecule has 2 aromatic carbocycles. The quantitative estimate of drug-likeness (QED) is 0.707. The van der Waals surface area contributed by atoms with E-state index in [2.05, 4.69) is 26.6 Å². The van der Waals surface area contributed by atoms with Crippen LogP contribution in [0.2, 0.25) is 0 Å². The second kappa shape index (κ2) is 6.89. The van der Waals surface area contributed by atoms with Gasteiger partial charge in [0.2, 0.25) is 0 Å². The Bertz CT molecular complexity index is 706. The molecule has 4 nitrogen and oxygen atoms in total. The van der Waals surface area contributed by atoms with Crippen molar-refractivity contribution in [3.8, 4) is 0 Å². The van der Waals surface area contributed by atoms with Gasteiger partial charge in [0.1, 0.15) is 0 Å². The summed E-state index contributed by atoms with van der Waals surface area (Å²) in [6.45, 7) is 3.85. The number of nitrogens with two attached hydrogens (primary N) is 1. The molecule has 0 aliphatic carbocycles. The zero-order chi connectivity index (χ0) is 16.3. The van der Waals surface area contributed by atoms with Crippen molar-refractivity contribution >= 4 is 50.5 Å². The number of carbonyl (C=O) groups is 1. The summed E-state index contributed by atoms with van der Waals surface area (Å²) in [6.07, 6.45) is 0. The second-order valence-corrected chi connectivity index (χ2v) is 6.29. The lowest BCUT2D eigenvalue weighted by atomic mass is 10.1. The minimum atomic E-state index is -0.145. The smallest absolute Gasteiger partial charge is 0.255 e. The van der Waals surface area contributed by atoms with Crippen LogP contribution in [0.15, 0.2) is 40.9 Å². The summed E-state index contributed by atoms with van der Waals surface area (Å²) in [6, 6.07) is 11.0. The van der Waals surface area contributed by atoms with Crippen molar-refractivity contribution in [1.82, 2.24) is 0 Å². The zero-order valence-corrected chi connectivity index (χ0v) is 14.6. The number of amides is 1. The Kier molecular flexibility index (Phi) is 5.15. The van der Waals surface area contributed by atoms with Crippen LogP contribution in [0.1, 0.15) is 21.5 Å². The van der Waals surface area contributed by atoms with E-state index in [4.69, 9.17) is 18.0 Å². The van der Waals surface area contributed by atoms with Crippen LogP contribution in [0.5, 0.6) is 0 Å². The standard InChI is InChI=1S/C16H16BrN3OS/c1-9-7-13(19-16(18)22)8-10(2)14(9)20-15(21)11-3-5-12(17)6-4-11/h3-8H,1-2H3,(H,20,21)(H3,18,19,22). The molecule has 2 aromatic rings. The molecule has 0 spiro atoms. The average molecular weight is 378 g/mol. The molecule has 114 valence electrons. The number of hydrogen-bond acceptors (Lipinski definition) is 2. The number of nitrogens with one attached hydrogen (secondary N) is 2. The highest BCUT2D eigenvalue weighted by Crippen LogP contribution is 2.25. The molecule has 0 atom stereocenters. The first-order chi connectivity index (χ1) is 10.4. The van der Waals surface area contributed by atoms with Crippen molar-refractivity contribution in [3.05, 3.63) is 57.6 Å². The summed E-state index contributed by atoms with van der Waals surface area (Å²) < 4.78 is 0.935. The normalized spacial score (nSPS) is 10.1. The fraction of sp³-hybridized carbons (Fsp3) is 0.125. The summed E-state index contributed by atoms with van der Waals surface area (Å²) in [5.74, 6) is -0.145. The molecule has 1 amide bonds. The third-order valence-corrected chi connectivity index (χ3v) is 3.78. The molecule has 0 fully saturated rings. The Morgan fingerprint density at radius 2 is 1.64 bits per heavy atom. The first-order valence-corrected chi connectivity index (χ1v) is 7.81. The van der Waals surface area contributed by atoms with Crippen molar-refractivity contribution in [1.29, 1.82) is 0 Å². The third-order valence-electron chi connectivity index (χ3n) is 3.15. The maximum Gasteiger partial charge on any atom is 0.255 e.